The van der Waals surface area contributed by atoms with Crippen LogP contribution in [0.2, 0.25) is 0 Å². The summed E-state index contributed by atoms with van der Waals surface area (Å²) in [5, 5.41) is 8.73. The number of hydrogen-bond acceptors (Lipinski definition) is 2. The van der Waals surface area contributed by atoms with Crippen molar-refractivity contribution < 1.29 is 0 Å². The Morgan fingerprint density at radius 2 is 2.14 bits per heavy atom. The minimum absolute atomic E-state index is 0.646. The third kappa shape index (κ3) is 1.62. The fourth-order valence-corrected chi connectivity index (χ4v) is 1.24. The van der Waals surface area contributed by atoms with Crippen LogP contribution < -0.4 is 0 Å². The predicted octanol–water partition coefficient (Wildman–Crippen LogP) is 2.42. The highest BCUT2D eigenvalue weighted by atomic mass is 14.7. The van der Waals surface area contributed by atoms with Crippen LogP contribution in [0, 0.1) is 17.5 Å². The lowest BCUT2D eigenvalue weighted by atomic mass is 10.1. The van der Waals surface area contributed by atoms with Gasteiger partial charge in [0.15, 0.2) is 0 Å². The number of aromatic nitrogens is 1. The van der Waals surface area contributed by atoms with Crippen LogP contribution in [-0.4, -0.2) is 4.98 Å². The Kier molecular flexibility index (Phi) is 2.24. The molecule has 2 aromatic rings. The molecule has 0 amide bonds. The minimum atomic E-state index is 0.646. The maximum Gasteiger partial charge on any atom is 0.0991 e. The van der Waals surface area contributed by atoms with Crippen LogP contribution in [0.1, 0.15) is 5.56 Å². The quantitative estimate of drug-likeness (QED) is 0.674. The van der Waals surface area contributed by atoms with Crippen LogP contribution in [-0.2, 0) is 0 Å². The molecule has 2 heteroatoms. The molecular weight excluding hydrogens is 172 g/mol. The van der Waals surface area contributed by atoms with Crippen LogP contribution in [0.4, 0.5) is 0 Å². The standard InChI is InChI=1S/C12H7N2/c13-9-10-4-3-5-11(8-10)12-6-1-2-7-14-12/h1-6,8H. The Hall–Kier alpha value is -2.14. The molecule has 1 heterocycles. The maximum atomic E-state index is 8.73. The molecule has 2 rings (SSSR count). The lowest BCUT2D eigenvalue weighted by molar-refractivity contribution is 1.31. The molecule has 1 aromatic heterocycles. The molecule has 1 aromatic carbocycles. The number of benzene rings is 1. The van der Waals surface area contributed by atoms with Crippen LogP contribution in [0.25, 0.3) is 11.3 Å². The molecule has 2 nitrogen and oxygen atoms in total. The predicted molar refractivity (Wildman–Crippen MR) is 53.2 cm³/mol. The first-order valence-electron chi connectivity index (χ1n) is 4.24. The van der Waals surface area contributed by atoms with Gasteiger partial charge in [-0.3, -0.25) is 0 Å². The van der Waals surface area contributed by atoms with Crippen molar-refractivity contribution in [1.29, 1.82) is 5.26 Å². The summed E-state index contributed by atoms with van der Waals surface area (Å²) in [6, 6.07) is 15.0. The number of hydrogen-bond donors (Lipinski definition) is 0. The zero-order chi connectivity index (χ0) is 9.80. The van der Waals surface area contributed by atoms with E-state index in [-0.39, 0.29) is 0 Å². The molecule has 1 radical (unpaired) electrons. The van der Waals surface area contributed by atoms with Crippen molar-refractivity contribution in [2.75, 3.05) is 0 Å². The van der Waals surface area contributed by atoms with Gasteiger partial charge in [0.05, 0.1) is 23.5 Å². The first-order chi connectivity index (χ1) is 6.90. The van der Waals surface area contributed by atoms with Crippen molar-refractivity contribution in [3.63, 3.8) is 0 Å². The zero-order valence-electron chi connectivity index (χ0n) is 7.44. The lowest BCUT2D eigenvalue weighted by Gasteiger charge is -1.99. The molecule has 0 atom stereocenters. The van der Waals surface area contributed by atoms with Crippen molar-refractivity contribution in [2.45, 2.75) is 0 Å². The van der Waals surface area contributed by atoms with E-state index >= 15 is 0 Å². The van der Waals surface area contributed by atoms with E-state index in [0.717, 1.165) is 11.3 Å². The van der Waals surface area contributed by atoms with Crippen molar-refractivity contribution in [3.05, 3.63) is 54.2 Å². The Morgan fingerprint density at radius 3 is 2.86 bits per heavy atom. The fourth-order valence-electron chi connectivity index (χ4n) is 1.24. The van der Waals surface area contributed by atoms with Gasteiger partial charge in [0, 0.05) is 5.56 Å². The number of pyridine rings is 1. The second-order valence-corrected chi connectivity index (χ2v) is 2.84. The van der Waals surface area contributed by atoms with Crippen LogP contribution in [0.15, 0.2) is 42.5 Å². The molecular formula is C12H7N2. The van der Waals surface area contributed by atoms with Gasteiger partial charge in [-0.1, -0.05) is 18.2 Å². The highest BCUT2D eigenvalue weighted by Gasteiger charge is 1.98. The Bertz CT molecular complexity index is 469. The van der Waals surface area contributed by atoms with E-state index in [1.165, 1.54) is 0 Å². The van der Waals surface area contributed by atoms with Crippen LogP contribution >= 0.6 is 0 Å². The highest BCUT2D eigenvalue weighted by molar-refractivity contribution is 5.60. The van der Waals surface area contributed by atoms with E-state index in [1.54, 1.807) is 12.1 Å². The highest BCUT2D eigenvalue weighted by Crippen LogP contribution is 2.16. The average Bonchev–Trinajstić information content (AvgIpc) is 2.30. The minimum Gasteiger partial charge on any atom is -0.246 e. The monoisotopic (exact) mass is 179 g/mol. The largest absolute Gasteiger partial charge is 0.246 e. The van der Waals surface area contributed by atoms with E-state index in [4.69, 9.17) is 5.26 Å². The van der Waals surface area contributed by atoms with E-state index in [9.17, 15) is 0 Å². The second kappa shape index (κ2) is 3.71. The number of nitriles is 1. The lowest BCUT2D eigenvalue weighted by Crippen LogP contribution is -1.82. The molecule has 0 aliphatic heterocycles. The summed E-state index contributed by atoms with van der Waals surface area (Å²) in [6.45, 7) is 0. The van der Waals surface area contributed by atoms with E-state index < -0.39 is 0 Å². The molecule has 0 unspecified atom stereocenters. The van der Waals surface area contributed by atoms with Crippen molar-refractivity contribution in [2.24, 2.45) is 0 Å². The topological polar surface area (TPSA) is 36.7 Å². The molecule has 0 saturated heterocycles. The zero-order valence-corrected chi connectivity index (χ0v) is 7.44. The Morgan fingerprint density at radius 1 is 1.21 bits per heavy atom. The van der Waals surface area contributed by atoms with Crippen LogP contribution in [0.3, 0.4) is 0 Å². The number of nitrogens with zero attached hydrogens (tertiary/aromatic N) is 2. The molecule has 0 bridgehead atoms. The molecule has 0 saturated carbocycles. The summed E-state index contributed by atoms with van der Waals surface area (Å²) in [7, 11) is 0. The summed E-state index contributed by atoms with van der Waals surface area (Å²) >= 11 is 0. The smallest absolute Gasteiger partial charge is 0.0991 e. The molecule has 0 N–H and O–H groups in total. The van der Waals surface area contributed by atoms with Crippen molar-refractivity contribution in [1.82, 2.24) is 4.98 Å². The third-order valence-corrected chi connectivity index (χ3v) is 1.90. The normalized spacial score (nSPS) is 9.36. The van der Waals surface area contributed by atoms with Gasteiger partial charge in [0.1, 0.15) is 0 Å². The average molecular weight is 179 g/mol. The molecule has 0 spiro atoms. The van der Waals surface area contributed by atoms with Gasteiger partial charge in [-0.25, -0.2) is 4.98 Å². The SMILES string of the molecule is N#Cc1cccc(-c2ccc[c]n2)c1. The molecule has 0 aliphatic carbocycles. The van der Waals surface area contributed by atoms with Crippen molar-refractivity contribution >= 4 is 0 Å². The summed E-state index contributed by atoms with van der Waals surface area (Å²) in [5.41, 5.74) is 2.43. The third-order valence-electron chi connectivity index (χ3n) is 1.90. The van der Waals surface area contributed by atoms with Gasteiger partial charge < -0.3 is 0 Å². The van der Waals surface area contributed by atoms with Gasteiger partial charge >= 0.3 is 0 Å². The first-order valence-corrected chi connectivity index (χ1v) is 4.24. The Labute approximate surface area is 82.5 Å². The van der Waals surface area contributed by atoms with Gasteiger partial charge in [0.25, 0.3) is 0 Å². The van der Waals surface area contributed by atoms with Crippen LogP contribution in [0.5, 0.6) is 0 Å². The summed E-state index contributed by atoms with van der Waals surface area (Å²) in [5.74, 6) is 0. The molecule has 14 heavy (non-hydrogen) atoms. The van der Waals surface area contributed by atoms with E-state index in [0.29, 0.717) is 5.56 Å². The molecule has 65 valence electrons. The second-order valence-electron chi connectivity index (χ2n) is 2.84. The van der Waals surface area contributed by atoms with Gasteiger partial charge in [-0.15, -0.1) is 0 Å². The maximum absolute atomic E-state index is 8.73. The van der Waals surface area contributed by atoms with E-state index in [2.05, 4.69) is 17.3 Å². The van der Waals surface area contributed by atoms with Crippen molar-refractivity contribution in [3.8, 4) is 17.3 Å². The number of rotatable bonds is 1. The van der Waals surface area contributed by atoms with Gasteiger partial charge in [-0.05, 0) is 24.3 Å². The Balaban J connectivity index is 2.49. The summed E-state index contributed by atoms with van der Waals surface area (Å²) in [4.78, 5) is 4.09. The van der Waals surface area contributed by atoms with Gasteiger partial charge in [0.2, 0.25) is 0 Å². The summed E-state index contributed by atoms with van der Waals surface area (Å²) in [6.07, 6.45) is 2.76. The summed E-state index contributed by atoms with van der Waals surface area (Å²) < 4.78 is 0. The molecule has 0 fully saturated rings. The fraction of sp³-hybridized carbons (Fsp3) is 0. The molecule has 0 aliphatic rings. The van der Waals surface area contributed by atoms with E-state index in [1.807, 2.05) is 30.3 Å². The van der Waals surface area contributed by atoms with Gasteiger partial charge in [-0.2, -0.15) is 5.26 Å². The first kappa shape index (κ1) is 8.46.